The van der Waals surface area contributed by atoms with Crippen LogP contribution < -0.4 is 5.32 Å². The van der Waals surface area contributed by atoms with Crippen molar-refractivity contribution in [2.24, 2.45) is 9.98 Å². The van der Waals surface area contributed by atoms with Gasteiger partial charge in [0.2, 0.25) is 0 Å². The molecule has 0 saturated heterocycles. The first-order valence-electron chi connectivity index (χ1n) is 8.31. The highest BCUT2D eigenvalue weighted by Gasteiger charge is 2.21. The van der Waals surface area contributed by atoms with E-state index in [2.05, 4.69) is 45.1 Å². The smallest absolute Gasteiger partial charge is 0.156 e. The zero-order valence-corrected chi connectivity index (χ0v) is 15.7. The molecule has 1 N–H and O–H groups in total. The van der Waals surface area contributed by atoms with E-state index in [4.69, 9.17) is 21.6 Å². The van der Waals surface area contributed by atoms with Gasteiger partial charge in [0, 0.05) is 16.3 Å². The van der Waals surface area contributed by atoms with E-state index in [-0.39, 0.29) is 5.54 Å². The summed E-state index contributed by atoms with van der Waals surface area (Å²) < 4.78 is 0. The van der Waals surface area contributed by atoms with Gasteiger partial charge in [0.15, 0.2) is 5.84 Å². The van der Waals surface area contributed by atoms with Crippen LogP contribution in [0, 0.1) is 6.92 Å². The minimum atomic E-state index is -0.185. The van der Waals surface area contributed by atoms with Crippen LogP contribution in [-0.2, 0) is 0 Å². The van der Waals surface area contributed by atoms with Gasteiger partial charge in [0.25, 0.3) is 0 Å². The van der Waals surface area contributed by atoms with Crippen molar-refractivity contribution in [1.29, 1.82) is 0 Å². The number of amidine groups is 1. The molecular weight excluding hydrogens is 330 g/mol. The molecule has 0 saturated carbocycles. The first-order chi connectivity index (χ1) is 11.8. The molecule has 1 heterocycles. The molecule has 128 valence electrons. The predicted octanol–water partition coefficient (Wildman–Crippen LogP) is 5.75. The number of hydrogen-bond donors (Lipinski definition) is 1. The molecular formula is C21H22ClN3. The fourth-order valence-electron chi connectivity index (χ4n) is 2.61. The van der Waals surface area contributed by atoms with Gasteiger partial charge in [-0.05, 0) is 63.6 Å². The lowest BCUT2D eigenvalue weighted by atomic mass is 10.1. The molecule has 0 atom stereocenters. The minimum Gasteiger partial charge on any atom is -0.338 e. The fourth-order valence-corrected chi connectivity index (χ4v) is 2.74. The SMILES string of the molecule is Cc1ccccc1C1=CC(=NC(C)(C)C)C(Nc2ccc(Cl)cc2)=N1. The highest BCUT2D eigenvalue weighted by molar-refractivity contribution is 6.53. The number of nitrogens with one attached hydrogen (secondary N) is 1. The van der Waals surface area contributed by atoms with Gasteiger partial charge < -0.3 is 5.32 Å². The number of hydrogen-bond acceptors (Lipinski definition) is 3. The average Bonchev–Trinajstić information content (AvgIpc) is 2.90. The number of anilines is 1. The first-order valence-corrected chi connectivity index (χ1v) is 8.69. The standard InChI is InChI=1S/C21H22ClN3/c1-14-7-5-6-8-17(14)18-13-19(25-21(2,3)4)20(24-18)23-16-11-9-15(22)10-12-16/h5-13H,1-4H3,(H,23,24,25). The summed E-state index contributed by atoms with van der Waals surface area (Å²) in [5, 5.41) is 4.08. The normalized spacial score (nSPS) is 16.0. The Labute approximate surface area is 154 Å². The Hall–Kier alpha value is -2.39. The molecule has 0 fully saturated rings. The van der Waals surface area contributed by atoms with Gasteiger partial charge in [-0.2, -0.15) is 0 Å². The zero-order valence-electron chi connectivity index (χ0n) is 15.0. The molecule has 0 spiro atoms. The van der Waals surface area contributed by atoms with E-state index in [1.807, 2.05) is 42.5 Å². The van der Waals surface area contributed by atoms with Crippen molar-refractivity contribution in [3.05, 3.63) is 70.8 Å². The van der Waals surface area contributed by atoms with E-state index in [0.29, 0.717) is 5.02 Å². The molecule has 2 aromatic rings. The Morgan fingerprint density at radius 1 is 1.00 bits per heavy atom. The van der Waals surface area contributed by atoms with E-state index in [1.165, 1.54) is 5.56 Å². The summed E-state index contributed by atoms with van der Waals surface area (Å²) in [5.41, 5.74) is 4.86. The number of aryl methyl sites for hydroxylation is 1. The quantitative estimate of drug-likeness (QED) is 0.734. The van der Waals surface area contributed by atoms with E-state index in [1.54, 1.807) is 0 Å². The van der Waals surface area contributed by atoms with Crippen LogP contribution in [0.1, 0.15) is 31.9 Å². The molecule has 0 bridgehead atoms. The van der Waals surface area contributed by atoms with Crippen LogP contribution in [-0.4, -0.2) is 17.1 Å². The molecule has 0 amide bonds. The fraction of sp³-hybridized carbons (Fsp3) is 0.238. The van der Waals surface area contributed by atoms with Crippen LogP contribution in [0.3, 0.4) is 0 Å². The summed E-state index contributed by atoms with van der Waals surface area (Å²) >= 11 is 5.97. The van der Waals surface area contributed by atoms with Crippen molar-refractivity contribution in [3.8, 4) is 0 Å². The maximum atomic E-state index is 5.97. The van der Waals surface area contributed by atoms with Crippen molar-refractivity contribution in [3.63, 3.8) is 0 Å². The summed E-state index contributed by atoms with van der Waals surface area (Å²) in [6.07, 6.45) is 2.05. The van der Waals surface area contributed by atoms with Crippen molar-refractivity contribution in [2.45, 2.75) is 33.2 Å². The van der Waals surface area contributed by atoms with Crippen molar-refractivity contribution >= 4 is 34.5 Å². The number of halogens is 1. The summed E-state index contributed by atoms with van der Waals surface area (Å²) in [6.45, 7) is 8.34. The molecule has 2 aromatic carbocycles. The average molecular weight is 352 g/mol. The first kappa shape index (κ1) is 17.4. The van der Waals surface area contributed by atoms with Gasteiger partial charge in [-0.25, -0.2) is 4.99 Å². The van der Waals surface area contributed by atoms with Crippen molar-refractivity contribution < 1.29 is 0 Å². The molecule has 3 rings (SSSR count). The number of aliphatic imine (C=N–C) groups is 2. The summed E-state index contributed by atoms with van der Waals surface area (Å²) in [7, 11) is 0. The highest BCUT2D eigenvalue weighted by Crippen LogP contribution is 2.26. The lowest BCUT2D eigenvalue weighted by molar-refractivity contribution is 0.585. The lowest BCUT2D eigenvalue weighted by Crippen LogP contribution is -2.23. The largest absolute Gasteiger partial charge is 0.338 e. The van der Waals surface area contributed by atoms with Gasteiger partial charge in [-0.3, -0.25) is 4.99 Å². The minimum absolute atomic E-state index is 0.185. The highest BCUT2D eigenvalue weighted by atomic mass is 35.5. The molecule has 0 unspecified atom stereocenters. The van der Waals surface area contributed by atoms with Gasteiger partial charge in [-0.15, -0.1) is 0 Å². The molecule has 4 heteroatoms. The third-order valence-electron chi connectivity index (χ3n) is 3.73. The van der Waals surface area contributed by atoms with Crippen molar-refractivity contribution in [2.75, 3.05) is 5.32 Å². The van der Waals surface area contributed by atoms with Gasteiger partial charge in [0.05, 0.1) is 11.2 Å². The van der Waals surface area contributed by atoms with Crippen molar-refractivity contribution in [1.82, 2.24) is 0 Å². The van der Waals surface area contributed by atoms with Crippen LogP contribution in [0.2, 0.25) is 5.02 Å². The maximum absolute atomic E-state index is 5.97. The topological polar surface area (TPSA) is 36.8 Å². The number of benzene rings is 2. The third-order valence-corrected chi connectivity index (χ3v) is 3.98. The van der Waals surface area contributed by atoms with Crippen LogP contribution in [0.25, 0.3) is 5.70 Å². The van der Waals surface area contributed by atoms with Gasteiger partial charge in [-0.1, -0.05) is 35.9 Å². The van der Waals surface area contributed by atoms with Crippen LogP contribution in [0.15, 0.2) is 64.6 Å². The van der Waals surface area contributed by atoms with Crippen LogP contribution >= 0.6 is 11.6 Å². The number of nitrogens with zero attached hydrogens (tertiary/aromatic N) is 2. The molecule has 0 aromatic heterocycles. The Bertz CT molecular complexity index is 869. The maximum Gasteiger partial charge on any atom is 0.156 e. The monoisotopic (exact) mass is 351 g/mol. The summed E-state index contributed by atoms with van der Waals surface area (Å²) in [4.78, 5) is 9.64. The molecule has 25 heavy (non-hydrogen) atoms. The molecule has 1 aliphatic heterocycles. The summed E-state index contributed by atoms with van der Waals surface area (Å²) in [5.74, 6) is 0.760. The van der Waals surface area contributed by atoms with E-state index in [0.717, 1.165) is 28.5 Å². The van der Waals surface area contributed by atoms with E-state index < -0.39 is 0 Å². The second-order valence-corrected chi connectivity index (χ2v) is 7.54. The second-order valence-electron chi connectivity index (χ2n) is 7.10. The predicted molar refractivity (Wildman–Crippen MR) is 109 cm³/mol. The Balaban J connectivity index is 1.99. The molecule has 3 nitrogen and oxygen atoms in total. The zero-order chi connectivity index (χ0) is 18.0. The van der Waals surface area contributed by atoms with Gasteiger partial charge in [0.1, 0.15) is 5.71 Å². The van der Waals surface area contributed by atoms with Gasteiger partial charge >= 0.3 is 0 Å². The number of rotatable bonds is 2. The molecule has 0 radical (unpaired) electrons. The summed E-state index contributed by atoms with van der Waals surface area (Å²) in [6, 6.07) is 15.8. The van der Waals surface area contributed by atoms with E-state index in [9.17, 15) is 0 Å². The Morgan fingerprint density at radius 2 is 1.68 bits per heavy atom. The Morgan fingerprint density at radius 3 is 2.32 bits per heavy atom. The molecule has 1 aliphatic rings. The lowest BCUT2D eigenvalue weighted by Gasteiger charge is -2.14. The second kappa shape index (κ2) is 6.85. The Kier molecular flexibility index (Phi) is 4.78. The molecule has 0 aliphatic carbocycles. The van der Waals surface area contributed by atoms with Crippen LogP contribution in [0.4, 0.5) is 5.69 Å². The van der Waals surface area contributed by atoms with Crippen LogP contribution in [0.5, 0.6) is 0 Å². The third kappa shape index (κ3) is 4.37. The van der Waals surface area contributed by atoms with E-state index >= 15 is 0 Å².